The van der Waals surface area contributed by atoms with E-state index in [4.69, 9.17) is 9.47 Å². The van der Waals surface area contributed by atoms with Gasteiger partial charge in [0.05, 0.1) is 11.7 Å². The average Bonchev–Trinajstić information content (AvgIpc) is 2.40. The first-order valence-electron chi connectivity index (χ1n) is 7.18. The second kappa shape index (κ2) is 6.17. The second-order valence-corrected chi connectivity index (χ2v) is 5.45. The van der Waals surface area contributed by atoms with Gasteiger partial charge in [0, 0.05) is 19.8 Å². The fourth-order valence-corrected chi connectivity index (χ4v) is 3.42. The van der Waals surface area contributed by atoms with E-state index < -0.39 is 0 Å². The Hall–Kier alpha value is -0.120. The molecule has 1 heterocycles. The van der Waals surface area contributed by atoms with Gasteiger partial charge in [0.25, 0.3) is 0 Å². The molecule has 1 aliphatic heterocycles. The minimum absolute atomic E-state index is 0.255. The van der Waals surface area contributed by atoms with Crippen LogP contribution in [-0.2, 0) is 9.47 Å². The minimum Gasteiger partial charge on any atom is -0.390 e. The third-order valence-corrected chi connectivity index (χ3v) is 4.38. The van der Waals surface area contributed by atoms with Gasteiger partial charge in [-0.25, -0.2) is 0 Å². The van der Waals surface area contributed by atoms with E-state index in [0.29, 0.717) is 12.5 Å². The number of hydrogen-bond donors (Lipinski definition) is 1. The second-order valence-electron chi connectivity index (χ2n) is 5.45. The largest absolute Gasteiger partial charge is 0.390 e. The fourth-order valence-electron chi connectivity index (χ4n) is 3.42. The standard InChI is InChI=1S/C14H26O3/c1-2-17-14(8-4-3-5-9-14)13(15)12-6-10-16-11-7-12/h12-13,15H,2-11H2,1H3. The van der Waals surface area contributed by atoms with Crippen molar-refractivity contribution in [2.45, 2.75) is 63.6 Å². The Morgan fingerprint density at radius 2 is 1.88 bits per heavy atom. The highest BCUT2D eigenvalue weighted by Crippen LogP contribution is 2.39. The summed E-state index contributed by atoms with van der Waals surface area (Å²) >= 11 is 0. The highest BCUT2D eigenvalue weighted by atomic mass is 16.5. The molecule has 2 rings (SSSR count). The van der Waals surface area contributed by atoms with Gasteiger partial charge in [-0.15, -0.1) is 0 Å². The molecule has 100 valence electrons. The molecule has 2 fully saturated rings. The lowest BCUT2D eigenvalue weighted by Gasteiger charge is -2.44. The molecule has 1 N–H and O–H groups in total. The van der Waals surface area contributed by atoms with Crippen LogP contribution in [0, 0.1) is 5.92 Å². The molecule has 1 saturated carbocycles. The van der Waals surface area contributed by atoms with Crippen molar-refractivity contribution >= 4 is 0 Å². The molecule has 2 aliphatic rings. The Kier molecular flexibility index (Phi) is 4.83. The SMILES string of the molecule is CCOC1(C(O)C2CCOCC2)CCCCC1. The fraction of sp³-hybridized carbons (Fsp3) is 1.00. The van der Waals surface area contributed by atoms with Gasteiger partial charge in [-0.3, -0.25) is 0 Å². The van der Waals surface area contributed by atoms with E-state index in [0.717, 1.165) is 38.9 Å². The van der Waals surface area contributed by atoms with Crippen LogP contribution in [0.3, 0.4) is 0 Å². The first kappa shape index (κ1) is 13.3. The van der Waals surface area contributed by atoms with E-state index in [2.05, 4.69) is 0 Å². The molecule has 1 saturated heterocycles. The first-order valence-corrected chi connectivity index (χ1v) is 7.18. The summed E-state index contributed by atoms with van der Waals surface area (Å²) in [5.74, 6) is 0.369. The zero-order valence-corrected chi connectivity index (χ0v) is 11.0. The summed E-state index contributed by atoms with van der Waals surface area (Å²) in [5, 5.41) is 10.7. The molecule has 1 aliphatic carbocycles. The number of hydrogen-bond acceptors (Lipinski definition) is 3. The predicted octanol–water partition coefficient (Wildman–Crippen LogP) is 2.51. The molecule has 1 atom stereocenters. The summed E-state index contributed by atoms with van der Waals surface area (Å²) in [6, 6.07) is 0. The van der Waals surface area contributed by atoms with E-state index in [9.17, 15) is 5.11 Å². The van der Waals surface area contributed by atoms with Gasteiger partial charge >= 0.3 is 0 Å². The third-order valence-electron chi connectivity index (χ3n) is 4.38. The number of aliphatic hydroxyl groups excluding tert-OH is 1. The van der Waals surface area contributed by atoms with Crippen molar-refractivity contribution < 1.29 is 14.6 Å². The summed E-state index contributed by atoms with van der Waals surface area (Å²) in [7, 11) is 0. The lowest BCUT2D eigenvalue weighted by molar-refractivity contribution is -0.166. The van der Waals surface area contributed by atoms with Crippen molar-refractivity contribution in [3.8, 4) is 0 Å². The summed E-state index contributed by atoms with van der Waals surface area (Å²) in [4.78, 5) is 0. The van der Waals surface area contributed by atoms with E-state index >= 15 is 0 Å². The maximum Gasteiger partial charge on any atom is 0.0942 e. The van der Waals surface area contributed by atoms with Crippen LogP contribution in [0.4, 0.5) is 0 Å². The van der Waals surface area contributed by atoms with E-state index in [1.165, 1.54) is 19.3 Å². The Balaban J connectivity index is 2.02. The van der Waals surface area contributed by atoms with Gasteiger partial charge in [-0.2, -0.15) is 0 Å². The van der Waals surface area contributed by atoms with E-state index in [1.54, 1.807) is 0 Å². The summed E-state index contributed by atoms with van der Waals surface area (Å²) in [5.41, 5.74) is -0.255. The topological polar surface area (TPSA) is 38.7 Å². The van der Waals surface area contributed by atoms with Crippen molar-refractivity contribution in [3.63, 3.8) is 0 Å². The summed E-state index contributed by atoms with van der Waals surface area (Å²) in [6.07, 6.45) is 7.40. The summed E-state index contributed by atoms with van der Waals surface area (Å²) < 4.78 is 11.4. The molecule has 0 aromatic rings. The van der Waals surface area contributed by atoms with E-state index in [1.807, 2.05) is 6.92 Å². The normalized spacial score (nSPS) is 27.9. The average molecular weight is 242 g/mol. The number of rotatable bonds is 4. The Bertz CT molecular complexity index is 212. The molecule has 0 aromatic heterocycles. The van der Waals surface area contributed by atoms with Gasteiger partial charge in [-0.1, -0.05) is 19.3 Å². The van der Waals surface area contributed by atoms with Crippen molar-refractivity contribution in [2.24, 2.45) is 5.92 Å². The quantitative estimate of drug-likeness (QED) is 0.823. The third kappa shape index (κ3) is 3.01. The van der Waals surface area contributed by atoms with Gasteiger partial charge in [0.15, 0.2) is 0 Å². The lowest BCUT2D eigenvalue weighted by Crippen LogP contribution is -2.51. The minimum atomic E-state index is -0.299. The molecule has 0 spiro atoms. The predicted molar refractivity (Wildman–Crippen MR) is 67.0 cm³/mol. The molecule has 0 aromatic carbocycles. The van der Waals surface area contributed by atoms with Crippen LogP contribution in [0.1, 0.15) is 51.9 Å². The van der Waals surface area contributed by atoms with E-state index in [-0.39, 0.29) is 11.7 Å². The van der Waals surface area contributed by atoms with Crippen LogP contribution in [0.25, 0.3) is 0 Å². The van der Waals surface area contributed by atoms with Crippen molar-refractivity contribution in [3.05, 3.63) is 0 Å². The lowest BCUT2D eigenvalue weighted by atomic mass is 9.74. The Labute approximate surface area is 104 Å². The van der Waals surface area contributed by atoms with Crippen LogP contribution in [-0.4, -0.2) is 36.6 Å². The van der Waals surface area contributed by atoms with Gasteiger partial charge < -0.3 is 14.6 Å². The molecule has 17 heavy (non-hydrogen) atoms. The smallest absolute Gasteiger partial charge is 0.0942 e. The van der Waals surface area contributed by atoms with Gasteiger partial charge in [0.1, 0.15) is 0 Å². The maximum atomic E-state index is 10.7. The van der Waals surface area contributed by atoms with Crippen LogP contribution in [0.15, 0.2) is 0 Å². The van der Waals surface area contributed by atoms with Crippen molar-refractivity contribution in [2.75, 3.05) is 19.8 Å². The molecule has 0 bridgehead atoms. The highest BCUT2D eigenvalue weighted by molar-refractivity contribution is 4.94. The van der Waals surface area contributed by atoms with Crippen molar-refractivity contribution in [1.82, 2.24) is 0 Å². The van der Waals surface area contributed by atoms with Crippen LogP contribution < -0.4 is 0 Å². The molecular formula is C14H26O3. The Morgan fingerprint density at radius 3 is 2.47 bits per heavy atom. The summed E-state index contributed by atoms with van der Waals surface area (Å²) in [6.45, 7) is 4.33. The molecule has 3 nitrogen and oxygen atoms in total. The molecule has 0 amide bonds. The highest BCUT2D eigenvalue weighted by Gasteiger charge is 2.43. The maximum absolute atomic E-state index is 10.7. The van der Waals surface area contributed by atoms with Crippen molar-refractivity contribution in [1.29, 1.82) is 0 Å². The first-order chi connectivity index (χ1) is 8.28. The number of ether oxygens (including phenoxy) is 2. The van der Waals surface area contributed by atoms with Gasteiger partial charge in [-0.05, 0) is 38.5 Å². The molecule has 3 heteroatoms. The van der Waals surface area contributed by atoms with Gasteiger partial charge in [0.2, 0.25) is 0 Å². The van der Waals surface area contributed by atoms with Crippen LogP contribution in [0.5, 0.6) is 0 Å². The molecule has 1 unspecified atom stereocenters. The zero-order valence-electron chi connectivity index (χ0n) is 11.0. The monoisotopic (exact) mass is 242 g/mol. The Morgan fingerprint density at radius 1 is 1.24 bits per heavy atom. The van der Waals surface area contributed by atoms with Crippen LogP contribution >= 0.6 is 0 Å². The molecular weight excluding hydrogens is 216 g/mol. The molecule has 0 radical (unpaired) electrons. The zero-order chi connectivity index (χ0) is 12.1. The van der Waals surface area contributed by atoms with Crippen LogP contribution in [0.2, 0.25) is 0 Å². The number of aliphatic hydroxyl groups is 1.